The number of non-ortho nitro benzene ring substituents is 1. The molecule has 1 N–H and O–H groups in total. The van der Waals surface area contributed by atoms with Crippen molar-refractivity contribution in [3.63, 3.8) is 0 Å². The first-order valence-corrected chi connectivity index (χ1v) is 9.92. The molecule has 0 atom stereocenters. The molecule has 0 aliphatic carbocycles. The summed E-state index contributed by atoms with van der Waals surface area (Å²) in [6, 6.07) is 18.8. The molecule has 9 heteroatoms. The topological polar surface area (TPSA) is 103 Å². The zero-order chi connectivity index (χ0) is 21.8. The number of carbonyl (C=O) groups excluding carboxylic acids is 1. The van der Waals surface area contributed by atoms with Gasteiger partial charge < -0.3 is 8.98 Å². The molecule has 0 spiro atoms. The second-order valence-corrected chi connectivity index (χ2v) is 7.28. The lowest BCUT2D eigenvalue weighted by atomic mass is 10.1. The highest BCUT2D eigenvalue weighted by atomic mass is 79.9. The number of aromatic nitrogens is 1. The number of hydrogen-bond donors (Lipinski definition) is 1. The van der Waals surface area contributed by atoms with Gasteiger partial charge in [0.05, 0.1) is 22.4 Å². The van der Waals surface area contributed by atoms with Gasteiger partial charge >= 0.3 is 0 Å². The first kappa shape index (κ1) is 20.3. The maximum absolute atomic E-state index is 12.6. The Kier molecular flexibility index (Phi) is 5.76. The van der Waals surface area contributed by atoms with Crippen molar-refractivity contribution in [2.45, 2.75) is 0 Å². The van der Waals surface area contributed by atoms with Crippen LogP contribution in [-0.4, -0.2) is 21.6 Å². The van der Waals surface area contributed by atoms with Crippen molar-refractivity contribution in [2.24, 2.45) is 5.10 Å². The van der Waals surface area contributed by atoms with Gasteiger partial charge in [0.2, 0.25) is 0 Å². The number of hydrogen-bond acceptors (Lipinski definition) is 5. The molecule has 0 unspecified atom stereocenters. The number of halogens is 1. The van der Waals surface area contributed by atoms with E-state index in [1.165, 1.54) is 18.3 Å². The maximum Gasteiger partial charge on any atom is 0.273 e. The largest absolute Gasteiger partial charge is 0.455 e. The fourth-order valence-electron chi connectivity index (χ4n) is 2.99. The Bertz CT molecular complexity index is 1280. The molecule has 0 radical (unpaired) electrons. The van der Waals surface area contributed by atoms with Gasteiger partial charge in [-0.3, -0.25) is 14.9 Å². The summed E-state index contributed by atoms with van der Waals surface area (Å²) in [4.78, 5) is 23.0. The summed E-state index contributed by atoms with van der Waals surface area (Å²) < 4.78 is 8.10. The van der Waals surface area contributed by atoms with Gasteiger partial charge in [-0.15, -0.1) is 0 Å². The molecular weight excluding hydrogens is 464 g/mol. The molecule has 0 aliphatic heterocycles. The molecule has 2 aromatic carbocycles. The summed E-state index contributed by atoms with van der Waals surface area (Å²) in [5, 5.41) is 14.9. The third-order valence-electron chi connectivity index (χ3n) is 4.44. The molecule has 154 valence electrons. The molecule has 0 saturated carbocycles. The molecular formula is C22H15BrN4O4. The first-order chi connectivity index (χ1) is 15.0. The van der Waals surface area contributed by atoms with Crippen LogP contribution in [0.4, 0.5) is 5.69 Å². The van der Waals surface area contributed by atoms with Crippen LogP contribution in [0.25, 0.3) is 17.0 Å². The summed E-state index contributed by atoms with van der Waals surface area (Å²) >= 11 is 3.32. The smallest absolute Gasteiger partial charge is 0.273 e. The number of rotatable bonds is 6. The Hall–Kier alpha value is -3.98. The second kappa shape index (κ2) is 8.80. The van der Waals surface area contributed by atoms with Crippen molar-refractivity contribution in [2.75, 3.05) is 0 Å². The quantitative estimate of drug-likeness (QED) is 0.234. The number of amides is 1. The van der Waals surface area contributed by atoms with Gasteiger partial charge in [-0.2, -0.15) is 5.10 Å². The Morgan fingerprint density at radius 1 is 1.10 bits per heavy atom. The summed E-state index contributed by atoms with van der Waals surface area (Å²) in [5.41, 5.74) is 4.36. The van der Waals surface area contributed by atoms with Crippen LogP contribution in [0, 0.1) is 10.1 Å². The van der Waals surface area contributed by atoms with E-state index in [1.807, 2.05) is 41.2 Å². The lowest BCUT2D eigenvalue weighted by Crippen LogP contribution is -2.19. The molecule has 2 heterocycles. The van der Waals surface area contributed by atoms with Crippen molar-refractivity contribution in [1.29, 1.82) is 0 Å². The predicted molar refractivity (Wildman–Crippen MR) is 119 cm³/mol. The van der Waals surface area contributed by atoms with Crippen LogP contribution in [-0.2, 0) is 0 Å². The van der Waals surface area contributed by atoms with E-state index < -0.39 is 4.92 Å². The number of nitrogens with one attached hydrogen (secondary N) is 1. The van der Waals surface area contributed by atoms with E-state index in [2.05, 4.69) is 26.5 Å². The average molecular weight is 479 g/mol. The minimum absolute atomic E-state index is 0.0214. The van der Waals surface area contributed by atoms with Crippen molar-refractivity contribution in [3.05, 3.63) is 105 Å². The van der Waals surface area contributed by atoms with Gasteiger partial charge in [-0.1, -0.05) is 12.1 Å². The normalized spacial score (nSPS) is 11.0. The van der Waals surface area contributed by atoms with Gasteiger partial charge in [0.1, 0.15) is 11.5 Å². The highest BCUT2D eigenvalue weighted by Gasteiger charge is 2.14. The molecule has 8 nitrogen and oxygen atoms in total. The molecule has 31 heavy (non-hydrogen) atoms. The molecule has 0 fully saturated rings. The summed E-state index contributed by atoms with van der Waals surface area (Å²) in [6.45, 7) is 0. The van der Waals surface area contributed by atoms with E-state index in [-0.39, 0.29) is 11.6 Å². The second-order valence-electron chi connectivity index (χ2n) is 6.43. The minimum Gasteiger partial charge on any atom is -0.455 e. The SMILES string of the molecule is O=C(N/N=C\c1ccc(-c2ccc([N+](=O)[O-])cc2Br)o1)c1ccccc1-n1cccc1. The fraction of sp³-hybridized carbons (Fsp3) is 0. The number of furan rings is 1. The number of nitro groups is 1. The van der Waals surface area contributed by atoms with Gasteiger partial charge in [-0.25, -0.2) is 5.43 Å². The maximum atomic E-state index is 12.6. The highest BCUT2D eigenvalue weighted by molar-refractivity contribution is 9.10. The van der Waals surface area contributed by atoms with Crippen LogP contribution < -0.4 is 5.43 Å². The Labute approximate surface area is 185 Å². The summed E-state index contributed by atoms with van der Waals surface area (Å²) in [6.07, 6.45) is 5.10. The van der Waals surface area contributed by atoms with Crippen LogP contribution >= 0.6 is 15.9 Å². The van der Waals surface area contributed by atoms with Gasteiger partial charge in [0.15, 0.2) is 0 Å². The Morgan fingerprint density at radius 3 is 2.61 bits per heavy atom. The number of carbonyl (C=O) groups is 1. The number of para-hydroxylation sites is 1. The Morgan fingerprint density at radius 2 is 1.87 bits per heavy atom. The Balaban J connectivity index is 1.47. The predicted octanol–water partition coefficient (Wildman–Crippen LogP) is 5.17. The van der Waals surface area contributed by atoms with E-state index in [4.69, 9.17) is 4.42 Å². The van der Waals surface area contributed by atoms with Crippen LogP contribution in [0.15, 0.2) is 93.1 Å². The minimum atomic E-state index is -0.466. The third-order valence-corrected chi connectivity index (χ3v) is 5.10. The van der Waals surface area contributed by atoms with E-state index in [1.54, 1.807) is 30.3 Å². The van der Waals surface area contributed by atoms with Crippen molar-refractivity contribution < 1.29 is 14.1 Å². The van der Waals surface area contributed by atoms with Crippen molar-refractivity contribution in [3.8, 4) is 17.0 Å². The van der Waals surface area contributed by atoms with Crippen LogP contribution in [0.2, 0.25) is 0 Å². The average Bonchev–Trinajstić information content (AvgIpc) is 3.46. The fourth-order valence-corrected chi connectivity index (χ4v) is 3.55. The number of nitro benzene ring substituents is 1. The molecule has 0 aliphatic rings. The molecule has 1 amide bonds. The first-order valence-electron chi connectivity index (χ1n) is 9.13. The zero-order valence-corrected chi connectivity index (χ0v) is 17.5. The third kappa shape index (κ3) is 4.46. The van der Waals surface area contributed by atoms with Crippen LogP contribution in [0.3, 0.4) is 0 Å². The van der Waals surface area contributed by atoms with Gasteiger partial charge in [0, 0.05) is 34.6 Å². The molecule has 2 aromatic heterocycles. The van der Waals surface area contributed by atoms with E-state index >= 15 is 0 Å². The number of nitrogens with zero attached hydrogens (tertiary/aromatic N) is 3. The zero-order valence-electron chi connectivity index (χ0n) is 15.9. The van der Waals surface area contributed by atoms with Crippen LogP contribution in [0.1, 0.15) is 16.1 Å². The molecule has 0 saturated heterocycles. The summed E-state index contributed by atoms with van der Waals surface area (Å²) in [7, 11) is 0. The number of hydrazone groups is 1. The van der Waals surface area contributed by atoms with E-state index in [9.17, 15) is 14.9 Å². The lowest BCUT2D eigenvalue weighted by Gasteiger charge is -2.08. The molecule has 4 aromatic rings. The van der Waals surface area contributed by atoms with Crippen molar-refractivity contribution >= 4 is 33.7 Å². The number of benzene rings is 2. The van der Waals surface area contributed by atoms with E-state index in [0.717, 1.165) is 5.69 Å². The lowest BCUT2D eigenvalue weighted by molar-refractivity contribution is -0.384. The monoisotopic (exact) mass is 478 g/mol. The van der Waals surface area contributed by atoms with Gasteiger partial charge in [-0.05, 0) is 58.4 Å². The van der Waals surface area contributed by atoms with Gasteiger partial charge in [0.25, 0.3) is 11.6 Å². The highest BCUT2D eigenvalue weighted by Crippen LogP contribution is 2.32. The molecule has 4 rings (SSSR count). The summed E-state index contributed by atoms with van der Waals surface area (Å²) in [5.74, 6) is 0.567. The molecule has 0 bridgehead atoms. The van der Waals surface area contributed by atoms with Crippen LogP contribution in [0.5, 0.6) is 0 Å². The standard InChI is InChI=1S/C22H15BrN4O4/c23-19-13-15(27(29)30)7-9-17(19)21-10-8-16(31-21)14-24-25-22(28)18-5-1-2-6-20(18)26-11-3-4-12-26/h1-14H,(H,25,28)/b24-14-. The van der Waals surface area contributed by atoms with Crippen molar-refractivity contribution in [1.82, 2.24) is 9.99 Å². The van der Waals surface area contributed by atoms with E-state index in [0.29, 0.717) is 27.1 Å².